The molecule has 18 heavy (non-hydrogen) atoms. The lowest BCUT2D eigenvalue weighted by Gasteiger charge is -2.19. The van der Waals surface area contributed by atoms with Crippen LogP contribution in [0.25, 0.3) is 0 Å². The molecular formula is C15H20ClNO. The second kappa shape index (κ2) is 6.11. The Kier molecular flexibility index (Phi) is 5.04. The molecule has 0 aliphatic heterocycles. The minimum absolute atomic E-state index is 0.00997. The van der Waals surface area contributed by atoms with Crippen LogP contribution in [0, 0.1) is 38.0 Å². The van der Waals surface area contributed by atoms with Crippen LogP contribution in [-0.4, -0.2) is 7.11 Å². The van der Waals surface area contributed by atoms with Crippen molar-refractivity contribution in [1.82, 2.24) is 0 Å². The molecule has 0 aliphatic carbocycles. The van der Waals surface area contributed by atoms with Gasteiger partial charge in [0.05, 0.1) is 19.1 Å². The van der Waals surface area contributed by atoms with E-state index in [1.54, 1.807) is 7.11 Å². The monoisotopic (exact) mass is 265 g/mol. The normalized spacial score (nSPS) is 12.1. The summed E-state index contributed by atoms with van der Waals surface area (Å²) in [5, 5.41) is 9.90. The smallest absolute Gasteiger partial charge is 0.125 e. The Morgan fingerprint density at radius 1 is 1.22 bits per heavy atom. The van der Waals surface area contributed by atoms with Crippen LogP contribution in [0.2, 0.25) is 5.02 Å². The maximum Gasteiger partial charge on any atom is 0.125 e. The Balaban J connectivity index is 3.38. The lowest BCUT2D eigenvalue weighted by atomic mass is 9.91. The molecule has 1 aromatic rings. The Morgan fingerprint density at radius 3 is 2.28 bits per heavy atom. The zero-order valence-corrected chi connectivity index (χ0v) is 12.5. The van der Waals surface area contributed by atoms with Gasteiger partial charge in [-0.3, -0.25) is 0 Å². The summed E-state index contributed by atoms with van der Waals surface area (Å²) in [5.74, 6) is 0.888. The first kappa shape index (κ1) is 14.9. The number of hydrogen-bond donors (Lipinski definition) is 0. The van der Waals surface area contributed by atoms with Crippen LogP contribution in [0.4, 0.5) is 0 Å². The minimum Gasteiger partial charge on any atom is -0.496 e. The number of nitriles is 1. The SMILES string of the molecule is CCC(C#N)Cc1c(C)c(Cl)c(C)c(C)c1OC. The number of rotatable bonds is 4. The van der Waals surface area contributed by atoms with E-state index in [2.05, 4.69) is 6.07 Å². The highest BCUT2D eigenvalue weighted by molar-refractivity contribution is 6.32. The molecule has 1 atom stereocenters. The topological polar surface area (TPSA) is 33.0 Å². The summed E-state index contributed by atoms with van der Waals surface area (Å²) in [5.41, 5.74) is 4.22. The van der Waals surface area contributed by atoms with Crippen molar-refractivity contribution in [3.8, 4) is 11.8 Å². The molecule has 98 valence electrons. The Labute approximate surface area is 115 Å². The molecule has 3 heteroatoms. The highest BCUT2D eigenvalue weighted by atomic mass is 35.5. The van der Waals surface area contributed by atoms with Crippen LogP contribution in [0.3, 0.4) is 0 Å². The second-order valence-electron chi connectivity index (χ2n) is 4.64. The van der Waals surface area contributed by atoms with E-state index >= 15 is 0 Å². The second-order valence-corrected chi connectivity index (χ2v) is 5.02. The highest BCUT2D eigenvalue weighted by Crippen LogP contribution is 2.37. The minimum atomic E-state index is 0.00997. The van der Waals surface area contributed by atoms with Gasteiger partial charge in [-0.1, -0.05) is 18.5 Å². The van der Waals surface area contributed by atoms with Crippen LogP contribution in [0.5, 0.6) is 5.75 Å². The van der Waals surface area contributed by atoms with Crippen molar-refractivity contribution in [3.05, 3.63) is 27.3 Å². The first-order chi connectivity index (χ1) is 8.47. The molecular weight excluding hydrogens is 246 g/mol. The molecule has 0 spiro atoms. The van der Waals surface area contributed by atoms with Gasteiger partial charge in [0.1, 0.15) is 5.75 Å². The predicted molar refractivity (Wildman–Crippen MR) is 75.3 cm³/mol. The quantitative estimate of drug-likeness (QED) is 0.810. The summed E-state index contributed by atoms with van der Waals surface area (Å²) in [7, 11) is 1.67. The summed E-state index contributed by atoms with van der Waals surface area (Å²) < 4.78 is 5.51. The van der Waals surface area contributed by atoms with Gasteiger partial charge < -0.3 is 4.74 Å². The Hall–Kier alpha value is -1.20. The van der Waals surface area contributed by atoms with Gasteiger partial charge in [-0.05, 0) is 50.3 Å². The van der Waals surface area contributed by atoms with Crippen LogP contribution in [-0.2, 0) is 6.42 Å². The molecule has 0 bridgehead atoms. The van der Waals surface area contributed by atoms with E-state index in [0.717, 1.165) is 39.4 Å². The Morgan fingerprint density at radius 2 is 1.83 bits per heavy atom. The average Bonchev–Trinajstić information content (AvgIpc) is 2.39. The molecule has 0 aliphatic rings. The van der Waals surface area contributed by atoms with Crippen molar-refractivity contribution in [2.75, 3.05) is 7.11 Å². The molecule has 0 fully saturated rings. The van der Waals surface area contributed by atoms with Crippen molar-refractivity contribution in [3.63, 3.8) is 0 Å². The predicted octanol–water partition coefficient (Wildman–Crippen LogP) is 4.37. The van der Waals surface area contributed by atoms with Gasteiger partial charge in [-0.15, -0.1) is 0 Å². The zero-order valence-electron chi connectivity index (χ0n) is 11.7. The standard InChI is InChI=1S/C15H20ClNO/c1-6-12(8-17)7-13-11(4)14(16)9(2)10(3)15(13)18-5/h12H,6-7H2,1-5H3. The third-order valence-electron chi connectivity index (χ3n) is 3.62. The van der Waals surface area contributed by atoms with E-state index in [1.807, 2.05) is 27.7 Å². The molecule has 0 radical (unpaired) electrons. The summed E-state index contributed by atoms with van der Waals surface area (Å²) in [6, 6.07) is 2.33. The number of nitrogens with zero attached hydrogens (tertiary/aromatic N) is 1. The van der Waals surface area contributed by atoms with Crippen molar-refractivity contribution in [2.45, 2.75) is 40.5 Å². The van der Waals surface area contributed by atoms with E-state index in [9.17, 15) is 0 Å². The molecule has 0 amide bonds. The van der Waals surface area contributed by atoms with Gasteiger partial charge in [0.25, 0.3) is 0 Å². The fraction of sp³-hybridized carbons (Fsp3) is 0.533. The third-order valence-corrected chi connectivity index (χ3v) is 4.19. The fourth-order valence-corrected chi connectivity index (χ4v) is 2.45. The number of hydrogen-bond acceptors (Lipinski definition) is 2. The van der Waals surface area contributed by atoms with Crippen molar-refractivity contribution < 1.29 is 4.74 Å². The maximum atomic E-state index is 9.11. The van der Waals surface area contributed by atoms with Gasteiger partial charge in [0, 0.05) is 10.6 Å². The average molecular weight is 266 g/mol. The van der Waals surface area contributed by atoms with Gasteiger partial charge in [0.2, 0.25) is 0 Å². The number of halogens is 1. The van der Waals surface area contributed by atoms with E-state index in [0.29, 0.717) is 6.42 Å². The summed E-state index contributed by atoms with van der Waals surface area (Å²) >= 11 is 6.35. The van der Waals surface area contributed by atoms with Gasteiger partial charge in [0.15, 0.2) is 0 Å². The summed E-state index contributed by atoms with van der Waals surface area (Å²) in [6.07, 6.45) is 1.53. The summed E-state index contributed by atoms with van der Waals surface area (Å²) in [6.45, 7) is 8.03. The van der Waals surface area contributed by atoms with Crippen LogP contribution in [0.15, 0.2) is 0 Å². The highest BCUT2D eigenvalue weighted by Gasteiger charge is 2.19. The molecule has 1 aromatic carbocycles. The molecule has 0 saturated carbocycles. The number of ether oxygens (including phenoxy) is 1. The fourth-order valence-electron chi connectivity index (χ4n) is 2.20. The zero-order chi connectivity index (χ0) is 13.9. The molecule has 0 N–H and O–H groups in total. The maximum absolute atomic E-state index is 9.11. The van der Waals surface area contributed by atoms with Crippen molar-refractivity contribution in [2.24, 2.45) is 5.92 Å². The molecule has 1 rings (SSSR count). The lowest BCUT2D eigenvalue weighted by Crippen LogP contribution is -2.07. The van der Waals surface area contributed by atoms with Crippen molar-refractivity contribution >= 4 is 11.6 Å². The van der Waals surface area contributed by atoms with Crippen molar-refractivity contribution in [1.29, 1.82) is 5.26 Å². The number of benzene rings is 1. The van der Waals surface area contributed by atoms with Crippen LogP contribution < -0.4 is 4.74 Å². The first-order valence-corrected chi connectivity index (χ1v) is 6.57. The molecule has 1 unspecified atom stereocenters. The largest absolute Gasteiger partial charge is 0.496 e. The van der Waals surface area contributed by atoms with E-state index < -0.39 is 0 Å². The van der Waals surface area contributed by atoms with Crippen LogP contribution >= 0.6 is 11.6 Å². The number of methoxy groups -OCH3 is 1. The van der Waals surface area contributed by atoms with Gasteiger partial charge in [-0.2, -0.15) is 5.26 Å². The van der Waals surface area contributed by atoms with E-state index in [-0.39, 0.29) is 5.92 Å². The van der Waals surface area contributed by atoms with Gasteiger partial charge in [-0.25, -0.2) is 0 Å². The first-order valence-electron chi connectivity index (χ1n) is 6.19. The van der Waals surface area contributed by atoms with E-state index in [1.165, 1.54) is 0 Å². The Bertz CT molecular complexity index is 488. The van der Waals surface area contributed by atoms with Gasteiger partial charge >= 0.3 is 0 Å². The lowest BCUT2D eigenvalue weighted by molar-refractivity contribution is 0.403. The molecule has 2 nitrogen and oxygen atoms in total. The third kappa shape index (κ3) is 2.62. The molecule has 0 heterocycles. The molecule has 0 aromatic heterocycles. The molecule has 0 saturated heterocycles. The summed E-state index contributed by atoms with van der Waals surface area (Å²) in [4.78, 5) is 0. The van der Waals surface area contributed by atoms with E-state index in [4.69, 9.17) is 21.6 Å². The van der Waals surface area contributed by atoms with Crippen LogP contribution in [0.1, 0.15) is 35.6 Å².